The van der Waals surface area contributed by atoms with Crippen LogP contribution in [-0.2, 0) is 6.42 Å². The number of fused-ring (bicyclic) bond motifs is 1. The molecule has 0 spiro atoms. The van der Waals surface area contributed by atoms with Gasteiger partial charge in [0, 0.05) is 22.0 Å². The molecule has 4 heteroatoms. The number of aryl methyl sites for hydroxylation is 1. The van der Waals surface area contributed by atoms with Crippen LogP contribution in [0, 0.1) is 6.92 Å². The normalized spacial score (nSPS) is 19.2. The number of benzene rings is 1. The molecule has 19 heavy (non-hydrogen) atoms. The molecular weight excluding hydrogens is 254 g/mol. The number of nitrogens with one attached hydrogen (secondary N) is 1. The fourth-order valence-electron chi connectivity index (χ4n) is 2.48. The van der Waals surface area contributed by atoms with Gasteiger partial charge in [0.1, 0.15) is 0 Å². The Morgan fingerprint density at radius 3 is 2.84 bits per heavy atom. The summed E-state index contributed by atoms with van der Waals surface area (Å²) in [5, 5.41) is 0.423. The number of thioether (sulfide) groups is 1. The summed E-state index contributed by atoms with van der Waals surface area (Å²) < 4.78 is 0. The van der Waals surface area contributed by atoms with Crippen LogP contribution in [0.5, 0.6) is 0 Å². The van der Waals surface area contributed by atoms with E-state index in [1.807, 2.05) is 30.9 Å². The van der Waals surface area contributed by atoms with Crippen LogP contribution in [0.2, 0.25) is 0 Å². The van der Waals surface area contributed by atoms with Gasteiger partial charge in [-0.2, -0.15) is 0 Å². The number of hydrogen-bond acceptors (Lipinski definition) is 4. The number of rotatable bonds is 3. The van der Waals surface area contributed by atoms with Gasteiger partial charge in [0.25, 0.3) is 0 Å². The van der Waals surface area contributed by atoms with Crippen LogP contribution in [0.15, 0.2) is 47.5 Å². The highest BCUT2D eigenvalue weighted by atomic mass is 32.2. The maximum atomic E-state index is 5.77. The quantitative estimate of drug-likeness (QED) is 0.665. The van der Waals surface area contributed by atoms with Gasteiger partial charge in [0.2, 0.25) is 0 Å². The largest absolute Gasteiger partial charge is 0.271 e. The van der Waals surface area contributed by atoms with Gasteiger partial charge in [-0.1, -0.05) is 24.3 Å². The molecule has 3 rings (SSSR count). The summed E-state index contributed by atoms with van der Waals surface area (Å²) in [6.07, 6.45) is 2.97. The molecule has 2 aromatic rings. The van der Waals surface area contributed by atoms with Crippen molar-refractivity contribution in [2.24, 2.45) is 5.84 Å². The molecule has 0 saturated heterocycles. The van der Waals surface area contributed by atoms with E-state index in [9.17, 15) is 0 Å². The highest BCUT2D eigenvalue weighted by Crippen LogP contribution is 2.42. The SMILES string of the molecule is Cc1ccc(C(NN)C2Cc3ccccc3S2)cn1. The summed E-state index contributed by atoms with van der Waals surface area (Å²) in [4.78, 5) is 5.73. The molecule has 1 aromatic carbocycles. The van der Waals surface area contributed by atoms with E-state index in [0.29, 0.717) is 5.25 Å². The van der Waals surface area contributed by atoms with Crippen LogP contribution in [0.1, 0.15) is 22.9 Å². The maximum Gasteiger partial charge on any atom is 0.0600 e. The third-order valence-electron chi connectivity index (χ3n) is 3.52. The van der Waals surface area contributed by atoms with Crippen molar-refractivity contribution in [2.45, 2.75) is 29.5 Å². The lowest BCUT2D eigenvalue weighted by molar-refractivity contribution is 0.531. The van der Waals surface area contributed by atoms with Gasteiger partial charge in [-0.3, -0.25) is 16.3 Å². The third kappa shape index (κ3) is 2.52. The highest BCUT2D eigenvalue weighted by Gasteiger charge is 2.29. The number of pyridine rings is 1. The molecule has 0 aliphatic carbocycles. The lowest BCUT2D eigenvalue weighted by Crippen LogP contribution is -2.35. The average Bonchev–Trinajstić information content (AvgIpc) is 2.85. The summed E-state index contributed by atoms with van der Waals surface area (Å²) in [6, 6.07) is 12.8. The van der Waals surface area contributed by atoms with Gasteiger partial charge in [-0.05, 0) is 36.6 Å². The lowest BCUT2D eigenvalue weighted by atomic mass is 10.0. The molecule has 1 aliphatic heterocycles. The molecule has 0 radical (unpaired) electrons. The first kappa shape index (κ1) is 12.7. The Kier molecular flexibility index (Phi) is 3.55. The molecule has 0 saturated carbocycles. The monoisotopic (exact) mass is 271 g/mol. The molecule has 0 amide bonds. The van der Waals surface area contributed by atoms with Crippen molar-refractivity contribution < 1.29 is 0 Å². The zero-order valence-electron chi connectivity index (χ0n) is 10.8. The number of nitrogens with two attached hydrogens (primary N) is 1. The molecule has 2 atom stereocenters. The van der Waals surface area contributed by atoms with Crippen molar-refractivity contribution in [3.8, 4) is 0 Å². The van der Waals surface area contributed by atoms with E-state index in [1.54, 1.807) is 0 Å². The van der Waals surface area contributed by atoms with Gasteiger partial charge < -0.3 is 0 Å². The zero-order chi connectivity index (χ0) is 13.2. The van der Waals surface area contributed by atoms with Crippen molar-refractivity contribution in [2.75, 3.05) is 0 Å². The number of aromatic nitrogens is 1. The maximum absolute atomic E-state index is 5.77. The molecule has 2 unspecified atom stereocenters. The Hall–Kier alpha value is -1.36. The van der Waals surface area contributed by atoms with Crippen molar-refractivity contribution in [3.05, 3.63) is 59.4 Å². The molecule has 98 valence electrons. The third-order valence-corrected chi connectivity index (χ3v) is 4.91. The Balaban J connectivity index is 1.83. The number of hydrogen-bond donors (Lipinski definition) is 2. The second-order valence-electron chi connectivity index (χ2n) is 4.85. The summed E-state index contributed by atoms with van der Waals surface area (Å²) in [5.74, 6) is 5.77. The highest BCUT2D eigenvalue weighted by molar-refractivity contribution is 8.00. The van der Waals surface area contributed by atoms with E-state index >= 15 is 0 Å². The second kappa shape index (κ2) is 5.33. The van der Waals surface area contributed by atoms with E-state index in [0.717, 1.165) is 17.7 Å². The first-order valence-electron chi connectivity index (χ1n) is 6.41. The predicted octanol–water partition coefficient (Wildman–Crippen LogP) is 2.61. The molecule has 2 heterocycles. The van der Waals surface area contributed by atoms with Gasteiger partial charge in [0.05, 0.1) is 6.04 Å². The average molecular weight is 271 g/mol. The standard InChI is InChI=1S/C15H17N3S/c1-10-6-7-12(9-17-10)15(18-16)14-8-11-4-2-3-5-13(11)19-14/h2-7,9,14-15,18H,8,16H2,1H3. The minimum atomic E-state index is 0.130. The smallest absolute Gasteiger partial charge is 0.0600 e. The topological polar surface area (TPSA) is 50.9 Å². The first-order valence-corrected chi connectivity index (χ1v) is 7.29. The van der Waals surface area contributed by atoms with Crippen LogP contribution < -0.4 is 11.3 Å². The molecule has 3 N–H and O–H groups in total. The van der Waals surface area contributed by atoms with Crippen LogP contribution in [-0.4, -0.2) is 10.2 Å². The molecule has 0 fully saturated rings. The van der Waals surface area contributed by atoms with Crippen LogP contribution in [0.4, 0.5) is 0 Å². The van der Waals surface area contributed by atoms with Crippen molar-refractivity contribution in [1.29, 1.82) is 0 Å². The molecule has 3 nitrogen and oxygen atoms in total. The van der Waals surface area contributed by atoms with Gasteiger partial charge >= 0.3 is 0 Å². The Morgan fingerprint density at radius 2 is 2.16 bits per heavy atom. The summed E-state index contributed by atoms with van der Waals surface area (Å²) in [7, 11) is 0. The Bertz CT molecular complexity index is 543. The van der Waals surface area contributed by atoms with Crippen molar-refractivity contribution in [1.82, 2.24) is 10.4 Å². The number of nitrogens with zero attached hydrogens (tertiary/aromatic N) is 1. The Labute approximate surface area is 117 Å². The van der Waals surface area contributed by atoms with Crippen LogP contribution in [0.25, 0.3) is 0 Å². The summed E-state index contributed by atoms with van der Waals surface area (Å²) in [6.45, 7) is 1.99. The number of hydrazine groups is 1. The van der Waals surface area contributed by atoms with Gasteiger partial charge in [0.15, 0.2) is 0 Å². The molecule has 1 aliphatic rings. The first-order chi connectivity index (χ1) is 9.28. The minimum absolute atomic E-state index is 0.130. The van der Waals surface area contributed by atoms with E-state index in [4.69, 9.17) is 5.84 Å². The van der Waals surface area contributed by atoms with E-state index in [1.165, 1.54) is 10.5 Å². The van der Waals surface area contributed by atoms with Crippen LogP contribution >= 0.6 is 11.8 Å². The fraction of sp³-hybridized carbons (Fsp3) is 0.267. The molecule has 0 bridgehead atoms. The predicted molar refractivity (Wildman–Crippen MR) is 78.8 cm³/mol. The summed E-state index contributed by atoms with van der Waals surface area (Å²) in [5.41, 5.74) is 6.55. The lowest BCUT2D eigenvalue weighted by Gasteiger charge is -2.22. The van der Waals surface area contributed by atoms with Crippen molar-refractivity contribution in [3.63, 3.8) is 0 Å². The second-order valence-corrected chi connectivity index (χ2v) is 6.13. The Morgan fingerprint density at radius 1 is 1.32 bits per heavy atom. The van der Waals surface area contributed by atoms with Gasteiger partial charge in [-0.15, -0.1) is 11.8 Å². The van der Waals surface area contributed by atoms with E-state index in [-0.39, 0.29) is 6.04 Å². The fourth-order valence-corrected chi connectivity index (χ4v) is 3.90. The van der Waals surface area contributed by atoms with Gasteiger partial charge in [-0.25, -0.2) is 0 Å². The van der Waals surface area contributed by atoms with Crippen LogP contribution in [0.3, 0.4) is 0 Å². The van der Waals surface area contributed by atoms with E-state index < -0.39 is 0 Å². The molecular formula is C15H17N3S. The zero-order valence-corrected chi connectivity index (χ0v) is 11.7. The minimum Gasteiger partial charge on any atom is -0.271 e. The molecule has 1 aromatic heterocycles. The van der Waals surface area contributed by atoms with E-state index in [2.05, 4.69) is 40.7 Å². The van der Waals surface area contributed by atoms with Crippen molar-refractivity contribution >= 4 is 11.8 Å². The summed E-state index contributed by atoms with van der Waals surface area (Å²) >= 11 is 1.90.